The third kappa shape index (κ3) is 5.11. The standard InChI is InChI=1S/C29H38N2O2/c1-29(2,3)33-28(32)30-24-17-23(18-24)22-11-10-21-12-13-27(31-14-7-15-31)26(25(21)19-22)16-20-8-5-4-6-9-20/h4-6,8-11,19,23-24,26-27H,7,12-18H2,1-3H3,(H,30,32)/t23?,24?,26-,27+/m1/s1. The Labute approximate surface area is 198 Å². The minimum Gasteiger partial charge on any atom is -0.444 e. The average Bonchev–Trinajstić information content (AvgIpc) is 2.70. The van der Waals surface area contributed by atoms with Crippen LogP contribution in [0.1, 0.15) is 80.5 Å². The van der Waals surface area contributed by atoms with Crippen molar-refractivity contribution in [2.45, 2.75) is 88.8 Å². The maximum Gasteiger partial charge on any atom is 0.407 e. The van der Waals surface area contributed by atoms with Crippen LogP contribution in [-0.4, -0.2) is 41.8 Å². The summed E-state index contributed by atoms with van der Waals surface area (Å²) in [5.41, 5.74) is 5.55. The summed E-state index contributed by atoms with van der Waals surface area (Å²) >= 11 is 0. The predicted molar refractivity (Wildman–Crippen MR) is 133 cm³/mol. The Morgan fingerprint density at radius 3 is 2.52 bits per heavy atom. The van der Waals surface area contributed by atoms with Crippen LogP contribution in [0.4, 0.5) is 4.79 Å². The fraction of sp³-hybridized carbons (Fsp3) is 0.552. The van der Waals surface area contributed by atoms with E-state index in [0.717, 1.165) is 19.3 Å². The van der Waals surface area contributed by atoms with Gasteiger partial charge < -0.3 is 10.1 Å². The van der Waals surface area contributed by atoms with Gasteiger partial charge in [-0.3, -0.25) is 4.90 Å². The van der Waals surface area contributed by atoms with E-state index in [0.29, 0.717) is 17.9 Å². The van der Waals surface area contributed by atoms with Crippen LogP contribution in [0, 0.1) is 0 Å². The summed E-state index contributed by atoms with van der Waals surface area (Å²) < 4.78 is 5.43. The number of carbonyl (C=O) groups is 1. The summed E-state index contributed by atoms with van der Waals surface area (Å²) in [5, 5.41) is 3.05. The number of rotatable bonds is 5. The molecule has 2 atom stereocenters. The quantitative estimate of drug-likeness (QED) is 0.631. The van der Waals surface area contributed by atoms with Gasteiger partial charge in [-0.25, -0.2) is 4.79 Å². The Morgan fingerprint density at radius 2 is 1.85 bits per heavy atom. The lowest BCUT2D eigenvalue weighted by atomic mass is 9.71. The fourth-order valence-electron chi connectivity index (χ4n) is 5.86. The zero-order valence-electron chi connectivity index (χ0n) is 20.3. The van der Waals surface area contributed by atoms with Crippen LogP contribution in [0.25, 0.3) is 0 Å². The van der Waals surface area contributed by atoms with E-state index in [4.69, 9.17) is 4.74 Å². The van der Waals surface area contributed by atoms with Crippen molar-refractivity contribution in [3.8, 4) is 0 Å². The summed E-state index contributed by atoms with van der Waals surface area (Å²) in [6.07, 6.45) is 6.62. The molecule has 3 aliphatic rings. The smallest absolute Gasteiger partial charge is 0.407 e. The number of fused-ring (bicyclic) bond motifs is 1. The molecule has 0 radical (unpaired) electrons. The van der Waals surface area contributed by atoms with Crippen molar-refractivity contribution in [2.75, 3.05) is 13.1 Å². The van der Waals surface area contributed by atoms with Crippen molar-refractivity contribution < 1.29 is 9.53 Å². The van der Waals surface area contributed by atoms with Crippen LogP contribution in [0.15, 0.2) is 48.5 Å². The monoisotopic (exact) mass is 446 g/mol. The van der Waals surface area contributed by atoms with E-state index < -0.39 is 5.60 Å². The lowest BCUT2D eigenvalue weighted by Crippen LogP contribution is -2.50. The molecule has 0 unspecified atom stereocenters. The lowest BCUT2D eigenvalue weighted by molar-refractivity contribution is 0.0471. The largest absolute Gasteiger partial charge is 0.444 e. The Hall–Kier alpha value is -2.33. The number of likely N-dealkylation sites (tertiary alicyclic amines) is 1. The topological polar surface area (TPSA) is 41.6 Å². The van der Waals surface area contributed by atoms with Gasteiger partial charge in [0, 0.05) is 18.0 Å². The van der Waals surface area contributed by atoms with Crippen molar-refractivity contribution in [3.05, 3.63) is 70.8 Å². The molecule has 2 aliphatic carbocycles. The minimum absolute atomic E-state index is 0.217. The summed E-state index contributed by atoms with van der Waals surface area (Å²) in [6.45, 7) is 8.23. The molecule has 176 valence electrons. The number of hydrogen-bond donors (Lipinski definition) is 1. The van der Waals surface area contributed by atoms with Crippen LogP contribution in [0.2, 0.25) is 0 Å². The minimum atomic E-state index is -0.452. The van der Waals surface area contributed by atoms with Gasteiger partial charge in [0.15, 0.2) is 0 Å². The molecule has 1 amide bonds. The van der Waals surface area contributed by atoms with Gasteiger partial charge in [0.1, 0.15) is 5.60 Å². The normalized spacial score (nSPS) is 27.1. The third-order valence-electron chi connectivity index (χ3n) is 7.73. The molecule has 33 heavy (non-hydrogen) atoms. The van der Waals surface area contributed by atoms with Crippen molar-refractivity contribution >= 4 is 6.09 Å². The lowest BCUT2D eigenvalue weighted by Gasteiger charge is -2.46. The molecule has 1 saturated heterocycles. The number of amides is 1. The molecule has 1 N–H and O–H groups in total. The third-order valence-corrected chi connectivity index (χ3v) is 7.73. The second-order valence-corrected chi connectivity index (χ2v) is 11.3. The van der Waals surface area contributed by atoms with E-state index >= 15 is 0 Å². The first-order chi connectivity index (χ1) is 15.9. The Bertz CT molecular complexity index is 971. The van der Waals surface area contributed by atoms with Crippen LogP contribution in [0.3, 0.4) is 0 Å². The second kappa shape index (κ2) is 9.13. The number of benzene rings is 2. The molecule has 4 heteroatoms. The van der Waals surface area contributed by atoms with Crippen molar-refractivity contribution in [1.29, 1.82) is 0 Å². The second-order valence-electron chi connectivity index (χ2n) is 11.3. The number of alkyl carbamates (subject to hydrolysis) is 1. The molecular weight excluding hydrogens is 408 g/mol. The zero-order valence-corrected chi connectivity index (χ0v) is 20.3. The zero-order chi connectivity index (χ0) is 23.0. The summed E-state index contributed by atoms with van der Waals surface area (Å²) in [6, 6.07) is 19.1. The van der Waals surface area contributed by atoms with E-state index in [-0.39, 0.29) is 12.1 Å². The van der Waals surface area contributed by atoms with Crippen LogP contribution >= 0.6 is 0 Å². The summed E-state index contributed by atoms with van der Waals surface area (Å²) in [5.74, 6) is 1.09. The van der Waals surface area contributed by atoms with E-state index in [2.05, 4.69) is 58.7 Å². The number of nitrogens with zero attached hydrogens (tertiary/aromatic N) is 1. The SMILES string of the molecule is CC(C)(C)OC(=O)NC1CC(c2ccc3c(c2)[C@@H](Cc2ccccc2)[C@@H](N2CCC2)CC3)C1. The van der Waals surface area contributed by atoms with Gasteiger partial charge in [0.2, 0.25) is 0 Å². The van der Waals surface area contributed by atoms with Gasteiger partial charge in [-0.1, -0.05) is 48.5 Å². The average molecular weight is 447 g/mol. The van der Waals surface area contributed by atoms with Gasteiger partial charge in [0.05, 0.1) is 0 Å². The highest BCUT2D eigenvalue weighted by Gasteiger charge is 2.37. The highest BCUT2D eigenvalue weighted by molar-refractivity contribution is 5.68. The first-order valence-electron chi connectivity index (χ1n) is 12.8. The maximum absolute atomic E-state index is 12.1. The molecule has 0 spiro atoms. The first-order valence-corrected chi connectivity index (χ1v) is 12.8. The van der Waals surface area contributed by atoms with Gasteiger partial charge in [-0.05, 0) is 101 Å². The number of hydrogen-bond acceptors (Lipinski definition) is 3. The van der Waals surface area contributed by atoms with Crippen molar-refractivity contribution in [3.63, 3.8) is 0 Å². The van der Waals surface area contributed by atoms with Crippen molar-refractivity contribution in [1.82, 2.24) is 10.2 Å². The number of nitrogens with one attached hydrogen (secondary N) is 1. The van der Waals surface area contributed by atoms with Gasteiger partial charge in [-0.2, -0.15) is 0 Å². The number of carbonyl (C=O) groups excluding carboxylic acids is 1. The van der Waals surface area contributed by atoms with Gasteiger partial charge >= 0.3 is 6.09 Å². The molecular formula is C29H38N2O2. The van der Waals surface area contributed by atoms with E-state index in [9.17, 15) is 4.79 Å². The van der Waals surface area contributed by atoms with E-state index in [1.165, 1.54) is 43.5 Å². The fourth-order valence-corrected chi connectivity index (χ4v) is 5.86. The summed E-state index contributed by atoms with van der Waals surface area (Å²) in [7, 11) is 0. The molecule has 1 aliphatic heterocycles. The highest BCUT2D eigenvalue weighted by atomic mass is 16.6. The van der Waals surface area contributed by atoms with Crippen LogP contribution < -0.4 is 5.32 Å². The number of aryl methyl sites for hydroxylation is 1. The maximum atomic E-state index is 12.1. The first kappa shape index (κ1) is 22.5. The van der Waals surface area contributed by atoms with Crippen LogP contribution in [0.5, 0.6) is 0 Å². The Kier molecular flexibility index (Phi) is 6.22. The molecule has 2 aromatic rings. The summed E-state index contributed by atoms with van der Waals surface area (Å²) in [4.78, 5) is 14.8. The van der Waals surface area contributed by atoms with Crippen molar-refractivity contribution in [2.24, 2.45) is 0 Å². The molecule has 2 aromatic carbocycles. The molecule has 2 fully saturated rings. The van der Waals surface area contributed by atoms with Gasteiger partial charge in [0.25, 0.3) is 0 Å². The van der Waals surface area contributed by atoms with Crippen LogP contribution in [-0.2, 0) is 17.6 Å². The van der Waals surface area contributed by atoms with E-state index in [1.54, 1.807) is 11.1 Å². The molecule has 0 aromatic heterocycles. The van der Waals surface area contributed by atoms with E-state index in [1.807, 2.05) is 20.8 Å². The molecule has 5 rings (SSSR count). The molecule has 0 bridgehead atoms. The van der Waals surface area contributed by atoms with Gasteiger partial charge in [-0.15, -0.1) is 0 Å². The number of ether oxygens (including phenoxy) is 1. The molecule has 4 nitrogen and oxygen atoms in total. The molecule has 1 saturated carbocycles. The Balaban J connectivity index is 1.30. The Morgan fingerprint density at radius 1 is 1.09 bits per heavy atom. The molecule has 1 heterocycles. The highest BCUT2D eigenvalue weighted by Crippen LogP contribution is 2.43. The predicted octanol–water partition coefficient (Wildman–Crippen LogP) is 5.80.